The van der Waals surface area contributed by atoms with Crippen LogP contribution in [0.15, 0.2) is 54.6 Å². The molecule has 0 saturated heterocycles. The molecular formula is C20H25N3O. The van der Waals surface area contributed by atoms with Crippen LogP contribution in [0.1, 0.15) is 18.4 Å². The maximum absolute atomic E-state index is 12.2. The van der Waals surface area contributed by atoms with Crippen LogP contribution in [0.25, 0.3) is 0 Å². The molecule has 2 N–H and O–H groups in total. The van der Waals surface area contributed by atoms with Crippen molar-refractivity contribution in [2.45, 2.75) is 19.4 Å². The van der Waals surface area contributed by atoms with Gasteiger partial charge in [0.25, 0.3) is 0 Å². The summed E-state index contributed by atoms with van der Waals surface area (Å²) in [6.07, 6.45) is 2.59. The maximum atomic E-state index is 12.2. The van der Waals surface area contributed by atoms with E-state index in [-0.39, 0.29) is 5.91 Å². The number of nitrogens with one attached hydrogen (secondary N) is 2. The number of carbonyl (C=O) groups is 1. The third-order valence-corrected chi connectivity index (χ3v) is 4.27. The molecule has 0 bridgehead atoms. The number of rotatable bonds is 8. The predicted octanol–water partition coefficient (Wildman–Crippen LogP) is 3.26. The fourth-order valence-corrected chi connectivity index (χ4v) is 2.76. The predicted molar refractivity (Wildman–Crippen MR) is 99.2 cm³/mol. The van der Waals surface area contributed by atoms with Crippen molar-refractivity contribution in [3.05, 3.63) is 60.2 Å². The van der Waals surface area contributed by atoms with Crippen molar-refractivity contribution in [1.82, 2.24) is 5.32 Å². The van der Waals surface area contributed by atoms with Crippen molar-refractivity contribution in [2.75, 3.05) is 30.4 Å². The first-order chi connectivity index (χ1) is 11.7. The number of hydrogen-bond acceptors (Lipinski definition) is 3. The van der Waals surface area contributed by atoms with Gasteiger partial charge in [-0.25, -0.2) is 0 Å². The van der Waals surface area contributed by atoms with Crippen molar-refractivity contribution in [2.24, 2.45) is 5.92 Å². The Morgan fingerprint density at radius 2 is 1.79 bits per heavy atom. The van der Waals surface area contributed by atoms with E-state index in [0.29, 0.717) is 6.54 Å². The molecule has 2 aromatic rings. The van der Waals surface area contributed by atoms with E-state index in [4.69, 9.17) is 0 Å². The van der Waals surface area contributed by atoms with Crippen molar-refractivity contribution >= 4 is 17.3 Å². The van der Waals surface area contributed by atoms with Gasteiger partial charge in [-0.1, -0.05) is 42.5 Å². The molecule has 3 rings (SSSR count). The Labute approximate surface area is 143 Å². The molecule has 0 aliphatic heterocycles. The fraction of sp³-hybridized carbons (Fsp3) is 0.350. The van der Waals surface area contributed by atoms with Gasteiger partial charge in [-0.2, -0.15) is 0 Å². The van der Waals surface area contributed by atoms with E-state index in [1.54, 1.807) is 0 Å². The highest BCUT2D eigenvalue weighted by Crippen LogP contribution is 2.27. The molecular weight excluding hydrogens is 298 g/mol. The SMILES string of the molecule is CN(Cc1ccccc1)c1ccccc1NC(=O)CNCC1CC1. The van der Waals surface area contributed by atoms with Crippen LogP contribution in [0, 0.1) is 5.92 Å². The normalized spacial score (nSPS) is 13.5. The van der Waals surface area contributed by atoms with Gasteiger partial charge in [-0.3, -0.25) is 4.79 Å². The summed E-state index contributed by atoms with van der Waals surface area (Å²) >= 11 is 0. The van der Waals surface area contributed by atoms with Gasteiger partial charge in [0.1, 0.15) is 0 Å². The molecule has 1 fully saturated rings. The molecule has 0 radical (unpaired) electrons. The molecule has 0 aromatic heterocycles. The van der Waals surface area contributed by atoms with Gasteiger partial charge in [-0.15, -0.1) is 0 Å². The molecule has 1 aliphatic carbocycles. The van der Waals surface area contributed by atoms with E-state index in [1.165, 1.54) is 18.4 Å². The number of amides is 1. The summed E-state index contributed by atoms with van der Waals surface area (Å²) in [5.74, 6) is 0.790. The summed E-state index contributed by atoms with van der Waals surface area (Å²) in [5, 5.41) is 6.26. The van der Waals surface area contributed by atoms with Crippen LogP contribution in [0.2, 0.25) is 0 Å². The molecule has 0 spiro atoms. The third-order valence-electron chi connectivity index (χ3n) is 4.27. The number of anilines is 2. The highest BCUT2D eigenvalue weighted by atomic mass is 16.1. The smallest absolute Gasteiger partial charge is 0.238 e. The van der Waals surface area contributed by atoms with Crippen LogP contribution in [0.3, 0.4) is 0 Å². The molecule has 4 nitrogen and oxygen atoms in total. The lowest BCUT2D eigenvalue weighted by Crippen LogP contribution is -2.30. The standard InChI is InChI=1S/C20H25N3O/c1-23(15-17-7-3-2-4-8-17)19-10-6-5-9-18(19)22-20(24)14-21-13-16-11-12-16/h2-10,16,21H,11-15H2,1H3,(H,22,24). The average Bonchev–Trinajstić information content (AvgIpc) is 3.40. The maximum Gasteiger partial charge on any atom is 0.238 e. The van der Waals surface area contributed by atoms with E-state index >= 15 is 0 Å². The summed E-state index contributed by atoms with van der Waals surface area (Å²) in [4.78, 5) is 14.3. The minimum absolute atomic E-state index is 0.0104. The largest absolute Gasteiger partial charge is 0.369 e. The molecule has 1 aliphatic rings. The Hall–Kier alpha value is -2.33. The minimum atomic E-state index is 0.0104. The average molecular weight is 323 g/mol. The van der Waals surface area contributed by atoms with Crippen molar-refractivity contribution in [3.8, 4) is 0 Å². The minimum Gasteiger partial charge on any atom is -0.369 e. The second kappa shape index (κ2) is 7.97. The summed E-state index contributed by atoms with van der Waals surface area (Å²) in [5.41, 5.74) is 3.12. The van der Waals surface area contributed by atoms with E-state index in [1.807, 2.05) is 49.5 Å². The quantitative estimate of drug-likeness (QED) is 0.784. The van der Waals surface area contributed by atoms with Crippen LogP contribution >= 0.6 is 0 Å². The molecule has 24 heavy (non-hydrogen) atoms. The lowest BCUT2D eigenvalue weighted by molar-refractivity contribution is -0.115. The first-order valence-corrected chi connectivity index (χ1v) is 8.57. The highest BCUT2D eigenvalue weighted by molar-refractivity contribution is 5.95. The van der Waals surface area contributed by atoms with Gasteiger partial charge in [-0.05, 0) is 43.0 Å². The summed E-state index contributed by atoms with van der Waals surface area (Å²) in [6, 6.07) is 18.3. The number of para-hydroxylation sites is 2. The van der Waals surface area contributed by atoms with Crippen molar-refractivity contribution < 1.29 is 4.79 Å². The summed E-state index contributed by atoms with van der Waals surface area (Å²) < 4.78 is 0. The van der Waals surface area contributed by atoms with Gasteiger partial charge in [0.15, 0.2) is 0 Å². The first kappa shape index (κ1) is 16.5. The fourth-order valence-electron chi connectivity index (χ4n) is 2.76. The van der Waals surface area contributed by atoms with E-state index in [0.717, 1.165) is 30.4 Å². The zero-order chi connectivity index (χ0) is 16.8. The number of benzene rings is 2. The Morgan fingerprint density at radius 3 is 2.54 bits per heavy atom. The van der Waals surface area contributed by atoms with Crippen LogP contribution in [-0.2, 0) is 11.3 Å². The lowest BCUT2D eigenvalue weighted by atomic mass is 10.2. The Bertz CT molecular complexity index is 668. The molecule has 2 aromatic carbocycles. The van der Waals surface area contributed by atoms with Gasteiger partial charge in [0.05, 0.1) is 17.9 Å². The molecule has 0 heterocycles. The first-order valence-electron chi connectivity index (χ1n) is 8.57. The van der Waals surface area contributed by atoms with E-state index < -0.39 is 0 Å². The third kappa shape index (κ3) is 4.83. The molecule has 4 heteroatoms. The van der Waals surface area contributed by atoms with E-state index in [9.17, 15) is 4.79 Å². The van der Waals surface area contributed by atoms with Crippen molar-refractivity contribution in [3.63, 3.8) is 0 Å². The Morgan fingerprint density at radius 1 is 1.08 bits per heavy atom. The van der Waals surface area contributed by atoms with Crippen molar-refractivity contribution in [1.29, 1.82) is 0 Å². The molecule has 0 unspecified atom stereocenters. The summed E-state index contributed by atoms with van der Waals surface area (Å²) in [7, 11) is 2.04. The second-order valence-electron chi connectivity index (χ2n) is 6.48. The highest BCUT2D eigenvalue weighted by Gasteiger charge is 2.20. The van der Waals surface area contributed by atoms with Gasteiger partial charge in [0.2, 0.25) is 5.91 Å². The van der Waals surface area contributed by atoms with Crippen LogP contribution in [0.5, 0.6) is 0 Å². The molecule has 1 amide bonds. The summed E-state index contributed by atoms with van der Waals surface area (Å²) in [6.45, 7) is 2.11. The number of nitrogens with zero attached hydrogens (tertiary/aromatic N) is 1. The number of hydrogen-bond donors (Lipinski definition) is 2. The Kier molecular flexibility index (Phi) is 5.49. The molecule has 126 valence electrons. The topological polar surface area (TPSA) is 44.4 Å². The Balaban J connectivity index is 1.60. The zero-order valence-corrected chi connectivity index (χ0v) is 14.2. The van der Waals surface area contributed by atoms with Gasteiger partial charge < -0.3 is 15.5 Å². The van der Waals surface area contributed by atoms with Crippen LogP contribution < -0.4 is 15.5 Å². The molecule has 1 saturated carbocycles. The second-order valence-corrected chi connectivity index (χ2v) is 6.48. The zero-order valence-electron chi connectivity index (χ0n) is 14.2. The number of carbonyl (C=O) groups excluding carboxylic acids is 1. The van der Waals surface area contributed by atoms with Gasteiger partial charge in [0, 0.05) is 13.6 Å². The molecule has 0 atom stereocenters. The van der Waals surface area contributed by atoms with Crippen LogP contribution in [-0.4, -0.2) is 26.0 Å². The van der Waals surface area contributed by atoms with E-state index in [2.05, 4.69) is 27.7 Å². The van der Waals surface area contributed by atoms with Crippen LogP contribution in [0.4, 0.5) is 11.4 Å². The monoisotopic (exact) mass is 323 g/mol. The van der Waals surface area contributed by atoms with Gasteiger partial charge >= 0.3 is 0 Å². The lowest BCUT2D eigenvalue weighted by Gasteiger charge is -2.23.